The van der Waals surface area contributed by atoms with Crippen LogP contribution in [0.3, 0.4) is 0 Å². The van der Waals surface area contributed by atoms with Crippen molar-refractivity contribution in [3.05, 3.63) is 0 Å². The van der Waals surface area contributed by atoms with Crippen molar-refractivity contribution in [2.24, 2.45) is 0 Å². The summed E-state index contributed by atoms with van der Waals surface area (Å²) in [7, 11) is 0. The molecule has 0 fully saturated rings. The van der Waals surface area contributed by atoms with E-state index in [0.29, 0.717) is 0 Å². The fourth-order valence-corrected chi connectivity index (χ4v) is 0. The molecule has 2 unspecified atom stereocenters. The molecular formula is C8H14CaO8. The standard InChI is InChI=1S/2C3H6O3.C2H4O2.Ca/c2*1-2(4)3(5)6;1-2(3)4;/h2*2,4H,1H3,(H,5,6);1H3,(H,3,4);/q;;;+2/p-2. The smallest absolute Gasteiger partial charge is 0.547 e. The molecule has 3 N–H and O–H groups in total. The van der Waals surface area contributed by atoms with Gasteiger partial charge in [-0.25, -0.2) is 0 Å². The second kappa shape index (κ2) is 15.6. The van der Waals surface area contributed by atoms with E-state index in [1.807, 2.05) is 0 Å². The van der Waals surface area contributed by atoms with Crippen LogP contribution in [0.5, 0.6) is 0 Å². The number of aliphatic hydroxyl groups excluding tert-OH is 2. The van der Waals surface area contributed by atoms with Crippen LogP contribution >= 0.6 is 0 Å². The Labute approximate surface area is 128 Å². The van der Waals surface area contributed by atoms with Gasteiger partial charge in [0.2, 0.25) is 0 Å². The first-order valence-corrected chi connectivity index (χ1v) is 3.99. The number of rotatable bonds is 2. The van der Waals surface area contributed by atoms with Gasteiger partial charge in [-0.2, -0.15) is 0 Å². The molecule has 0 radical (unpaired) electrons. The number of carbonyl (C=O) groups excluding carboxylic acids is 2. The zero-order valence-corrected chi connectivity index (χ0v) is 12.0. The molecule has 0 aliphatic rings. The minimum atomic E-state index is -1.44. The summed E-state index contributed by atoms with van der Waals surface area (Å²) in [5.41, 5.74) is 0. The van der Waals surface area contributed by atoms with E-state index >= 15 is 0 Å². The van der Waals surface area contributed by atoms with Crippen molar-refractivity contribution in [3.8, 4) is 0 Å². The summed E-state index contributed by atoms with van der Waals surface area (Å²) in [6.07, 6.45) is -2.69. The molecule has 0 heterocycles. The number of carboxylic acids is 3. The van der Waals surface area contributed by atoms with Crippen molar-refractivity contribution in [1.29, 1.82) is 0 Å². The fourth-order valence-electron chi connectivity index (χ4n) is 0. The Balaban J connectivity index is -0.0000000741. The average molecular weight is 278 g/mol. The third kappa shape index (κ3) is 50.0. The van der Waals surface area contributed by atoms with Crippen molar-refractivity contribution >= 4 is 55.6 Å². The molecule has 0 aliphatic heterocycles. The van der Waals surface area contributed by atoms with Crippen LogP contribution < -0.4 is 10.2 Å². The Kier molecular flexibility index (Phi) is 23.3. The minimum Gasteiger partial charge on any atom is -0.547 e. The summed E-state index contributed by atoms with van der Waals surface area (Å²) in [4.78, 5) is 27.7. The van der Waals surface area contributed by atoms with Crippen LogP contribution in [0.1, 0.15) is 20.8 Å². The van der Waals surface area contributed by atoms with Crippen LogP contribution in [0.25, 0.3) is 0 Å². The van der Waals surface area contributed by atoms with Crippen molar-refractivity contribution in [2.45, 2.75) is 33.0 Å². The molecule has 8 nitrogen and oxygen atoms in total. The molecule has 0 amide bonds. The molecule has 0 saturated heterocycles. The molecule has 96 valence electrons. The van der Waals surface area contributed by atoms with Gasteiger partial charge in [0.1, 0.15) is 0 Å². The van der Waals surface area contributed by atoms with Crippen LogP contribution in [0.4, 0.5) is 0 Å². The first-order chi connectivity index (χ1) is 7.02. The largest absolute Gasteiger partial charge is 2.00 e. The Bertz CT molecular complexity index is 204. The summed E-state index contributed by atoms with van der Waals surface area (Å²) in [6, 6.07) is 0. The summed E-state index contributed by atoms with van der Waals surface area (Å²) in [5.74, 6) is -3.70. The Morgan fingerprint density at radius 1 is 0.941 bits per heavy atom. The predicted octanol–water partition coefficient (Wildman–Crippen LogP) is -4.06. The number of carboxylic acid groups (broad SMARTS) is 3. The van der Waals surface area contributed by atoms with Crippen LogP contribution in [0, 0.1) is 0 Å². The van der Waals surface area contributed by atoms with Crippen molar-refractivity contribution < 1.29 is 39.9 Å². The third-order valence-corrected chi connectivity index (χ3v) is 0.682. The second-order valence-electron chi connectivity index (χ2n) is 2.51. The van der Waals surface area contributed by atoms with Crippen LogP contribution in [-0.4, -0.2) is 83.2 Å². The van der Waals surface area contributed by atoms with Gasteiger partial charge in [0.25, 0.3) is 5.97 Å². The Morgan fingerprint density at radius 3 is 1.00 bits per heavy atom. The predicted molar refractivity (Wildman–Crippen MR) is 52.4 cm³/mol. The van der Waals surface area contributed by atoms with Crippen LogP contribution in [0.15, 0.2) is 0 Å². The monoisotopic (exact) mass is 278 g/mol. The van der Waals surface area contributed by atoms with Gasteiger partial charge in [0, 0.05) is 6.92 Å². The quantitative estimate of drug-likeness (QED) is 0.430. The maximum absolute atomic E-state index is 9.34. The average Bonchev–Trinajstić information content (AvgIpc) is 2.03. The van der Waals surface area contributed by atoms with Crippen molar-refractivity contribution in [3.63, 3.8) is 0 Å². The topological polar surface area (TPSA) is 158 Å². The van der Waals surface area contributed by atoms with Gasteiger partial charge in [-0.3, -0.25) is 4.79 Å². The van der Waals surface area contributed by atoms with E-state index in [9.17, 15) is 19.8 Å². The molecule has 0 aromatic rings. The van der Waals surface area contributed by atoms with E-state index in [1.54, 1.807) is 0 Å². The van der Waals surface area contributed by atoms with Crippen LogP contribution in [-0.2, 0) is 14.4 Å². The zero-order chi connectivity index (χ0) is 13.9. The number of hydrogen-bond donors (Lipinski definition) is 3. The van der Waals surface area contributed by atoms with E-state index in [2.05, 4.69) is 0 Å². The normalized spacial score (nSPS) is 11.1. The molecular weight excluding hydrogens is 264 g/mol. The van der Waals surface area contributed by atoms with Gasteiger partial charge in [-0.1, -0.05) is 0 Å². The molecule has 9 heteroatoms. The summed E-state index contributed by atoms with van der Waals surface area (Å²) >= 11 is 0. The molecule has 17 heavy (non-hydrogen) atoms. The molecule has 0 saturated carbocycles. The molecule has 0 aromatic carbocycles. The number of carbonyl (C=O) groups is 3. The van der Waals surface area contributed by atoms with E-state index in [-0.39, 0.29) is 37.7 Å². The van der Waals surface area contributed by atoms with Gasteiger partial charge in [0.05, 0.1) is 24.1 Å². The minimum absolute atomic E-state index is 0. The van der Waals surface area contributed by atoms with E-state index in [4.69, 9.17) is 20.1 Å². The Hall–Kier alpha value is -0.410. The van der Waals surface area contributed by atoms with E-state index in [1.165, 1.54) is 0 Å². The second-order valence-corrected chi connectivity index (χ2v) is 2.51. The Morgan fingerprint density at radius 2 is 1.00 bits per heavy atom. The van der Waals surface area contributed by atoms with Crippen molar-refractivity contribution in [1.82, 2.24) is 0 Å². The summed E-state index contributed by atoms with van der Waals surface area (Å²) in [6.45, 7) is 3.35. The molecule has 0 bridgehead atoms. The maximum atomic E-state index is 9.34. The maximum Gasteiger partial charge on any atom is 2.00 e. The summed E-state index contributed by atoms with van der Waals surface area (Å²) < 4.78 is 0. The number of aliphatic carboxylic acids is 3. The van der Waals surface area contributed by atoms with Gasteiger partial charge in [-0.15, -0.1) is 0 Å². The molecule has 0 rings (SSSR count). The first-order valence-electron chi connectivity index (χ1n) is 3.99. The van der Waals surface area contributed by atoms with Crippen LogP contribution in [0.2, 0.25) is 0 Å². The zero-order valence-electron chi connectivity index (χ0n) is 9.74. The number of aliphatic hydroxyl groups is 2. The van der Waals surface area contributed by atoms with Gasteiger partial charge >= 0.3 is 37.7 Å². The molecule has 0 aromatic heterocycles. The summed E-state index contributed by atoms with van der Waals surface area (Å²) in [5, 5.41) is 42.0. The fraction of sp³-hybridized carbons (Fsp3) is 0.625. The van der Waals surface area contributed by atoms with Gasteiger partial charge in [-0.05, 0) is 13.8 Å². The van der Waals surface area contributed by atoms with Crippen molar-refractivity contribution in [2.75, 3.05) is 0 Å². The third-order valence-electron chi connectivity index (χ3n) is 0.682. The van der Waals surface area contributed by atoms with E-state index < -0.39 is 30.1 Å². The molecule has 0 aliphatic carbocycles. The molecule has 2 atom stereocenters. The van der Waals surface area contributed by atoms with Gasteiger partial charge in [0.15, 0.2) is 0 Å². The first kappa shape index (κ1) is 25.4. The van der Waals surface area contributed by atoms with Gasteiger partial charge < -0.3 is 35.1 Å². The molecule has 0 spiro atoms. The number of hydrogen-bond acceptors (Lipinski definition) is 7. The van der Waals surface area contributed by atoms with E-state index in [0.717, 1.165) is 20.8 Å². The SMILES string of the molecule is CC(=O)O.CC(O)C(=O)[O-].CC(O)C(=O)[O-].[Ca+2].